The molecule has 0 saturated heterocycles. The summed E-state index contributed by atoms with van der Waals surface area (Å²) >= 11 is 5.26. The van der Waals surface area contributed by atoms with Gasteiger partial charge < -0.3 is 9.55 Å². The highest BCUT2D eigenvalue weighted by Crippen LogP contribution is 2.22. The molecule has 0 saturated carbocycles. The van der Waals surface area contributed by atoms with E-state index in [2.05, 4.69) is 4.98 Å². The van der Waals surface area contributed by atoms with E-state index in [4.69, 9.17) is 12.2 Å². The van der Waals surface area contributed by atoms with E-state index < -0.39 is 14.6 Å². The molecular formula is C12H16N2O2S2. The number of nitrogens with zero attached hydrogens (tertiary/aromatic N) is 1. The third kappa shape index (κ3) is 2.22. The van der Waals surface area contributed by atoms with Crippen molar-refractivity contribution in [2.24, 2.45) is 0 Å². The number of imidazole rings is 1. The number of aromatic nitrogens is 2. The molecule has 0 aliphatic rings. The van der Waals surface area contributed by atoms with E-state index in [0.717, 1.165) is 11.0 Å². The van der Waals surface area contributed by atoms with Gasteiger partial charge in [-0.1, -0.05) is 12.1 Å². The number of aromatic amines is 1. The molecule has 1 heterocycles. The predicted molar refractivity (Wildman–Crippen MR) is 76.0 cm³/mol. The molecule has 1 N–H and O–H groups in total. The Morgan fingerprint density at radius 3 is 2.56 bits per heavy atom. The van der Waals surface area contributed by atoms with E-state index in [-0.39, 0.29) is 0 Å². The summed E-state index contributed by atoms with van der Waals surface area (Å²) in [6, 6.07) is 7.68. The molecule has 1 aromatic heterocycles. The molecule has 6 heteroatoms. The monoisotopic (exact) mass is 284 g/mol. The minimum Gasteiger partial charge on any atom is -0.331 e. The van der Waals surface area contributed by atoms with Crippen molar-refractivity contribution in [3.05, 3.63) is 29.0 Å². The Hall–Kier alpha value is -1.14. The quantitative estimate of drug-likeness (QED) is 0.881. The molecule has 4 nitrogen and oxygen atoms in total. The van der Waals surface area contributed by atoms with Crippen molar-refractivity contribution in [2.75, 3.05) is 6.26 Å². The number of hydrogen-bond acceptors (Lipinski definition) is 3. The lowest BCUT2D eigenvalue weighted by Crippen LogP contribution is -2.35. The average Bonchev–Trinajstić information content (AvgIpc) is 2.54. The Morgan fingerprint density at radius 2 is 1.94 bits per heavy atom. The summed E-state index contributed by atoms with van der Waals surface area (Å²) in [4.78, 5) is 3.08. The Bertz CT molecular complexity index is 739. The number of H-pyrrole nitrogens is 1. The molecule has 0 spiro atoms. The first kappa shape index (κ1) is 13.3. The van der Waals surface area contributed by atoms with Crippen molar-refractivity contribution in [3.8, 4) is 0 Å². The van der Waals surface area contributed by atoms with Crippen molar-refractivity contribution in [2.45, 2.75) is 25.1 Å². The zero-order chi connectivity index (χ0) is 13.6. The molecule has 2 aromatic rings. The number of benzene rings is 1. The first-order valence-electron chi connectivity index (χ1n) is 5.59. The molecule has 2 rings (SSSR count). The van der Waals surface area contributed by atoms with Crippen LogP contribution >= 0.6 is 12.2 Å². The Balaban J connectivity index is 2.57. The normalized spacial score (nSPS) is 13.1. The van der Waals surface area contributed by atoms with Crippen LogP contribution in [0.5, 0.6) is 0 Å². The van der Waals surface area contributed by atoms with Crippen LogP contribution in [0, 0.1) is 4.77 Å². The molecule has 0 aliphatic carbocycles. The summed E-state index contributed by atoms with van der Waals surface area (Å²) in [6.45, 7) is 3.77. The second-order valence-corrected chi connectivity index (χ2v) is 8.10. The van der Waals surface area contributed by atoms with E-state index in [9.17, 15) is 8.42 Å². The summed E-state index contributed by atoms with van der Waals surface area (Å²) in [5.41, 5.74) is 1.85. The van der Waals surface area contributed by atoms with Crippen molar-refractivity contribution < 1.29 is 8.42 Å². The first-order chi connectivity index (χ1) is 8.22. The van der Waals surface area contributed by atoms with E-state index in [1.165, 1.54) is 6.26 Å². The third-order valence-electron chi connectivity index (χ3n) is 3.22. The van der Waals surface area contributed by atoms with Gasteiger partial charge in [0.25, 0.3) is 0 Å². The van der Waals surface area contributed by atoms with Crippen LogP contribution in [0.25, 0.3) is 11.0 Å². The van der Waals surface area contributed by atoms with Crippen LogP contribution in [0.1, 0.15) is 13.8 Å². The molecule has 0 aliphatic heterocycles. The average molecular weight is 284 g/mol. The molecule has 0 radical (unpaired) electrons. The van der Waals surface area contributed by atoms with Gasteiger partial charge in [-0.25, -0.2) is 8.42 Å². The van der Waals surface area contributed by atoms with Gasteiger partial charge in [0.1, 0.15) is 0 Å². The van der Waals surface area contributed by atoms with Crippen molar-refractivity contribution in [1.82, 2.24) is 9.55 Å². The summed E-state index contributed by atoms with van der Waals surface area (Å²) in [7, 11) is -3.14. The van der Waals surface area contributed by atoms with Crippen LogP contribution in [0.15, 0.2) is 24.3 Å². The van der Waals surface area contributed by atoms with Crippen LogP contribution in [0.2, 0.25) is 0 Å². The number of sulfone groups is 1. The van der Waals surface area contributed by atoms with Gasteiger partial charge in [0, 0.05) is 12.8 Å². The molecule has 0 atom stereocenters. The summed E-state index contributed by atoms with van der Waals surface area (Å²) in [5, 5.41) is 0. The van der Waals surface area contributed by atoms with E-state index in [1.807, 2.05) is 28.8 Å². The first-order valence-corrected chi connectivity index (χ1v) is 7.89. The Kier molecular flexibility index (Phi) is 3.11. The van der Waals surface area contributed by atoms with Gasteiger partial charge in [-0.2, -0.15) is 0 Å². The van der Waals surface area contributed by atoms with Gasteiger partial charge in [0.05, 0.1) is 15.8 Å². The van der Waals surface area contributed by atoms with Crippen LogP contribution in [-0.2, 0) is 16.4 Å². The van der Waals surface area contributed by atoms with Crippen LogP contribution in [-0.4, -0.2) is 29.0 Å². The van der Waals surface area contributed by atoms with Gasteiger partial charge in [-0.15, -0.1) is 0 Å². The van der Waals surface area contributed by atoms with Gasteiger partial charge >= 0.3 is 0 Å². The number of nitrogens with one attached hydrogen (secondary N) is 1. The number of para-hydroxylation sites is 2. The van der Waals surface area contributed by atoms with Gasteiger partial charge in [0.15, 0.2) is 14.6 Å². The molecule has 0 amide bonds. The Labute approximate surface area is 112 Å². The smallest absolute Gasteiger partial charge is 0.178 e. The maximum Gasteiger partial charge on any atom is 0.178 e. The van der Waals surface area contributed by atoms with E-state index >= 15 is 0 Å². The maximum absolute atomic E-state index is 11.8. The third-order valence-corrected chi connectivity index (χ3v) is 5.68. The highest BCUT2D eigenvalue weighted by molar-refractivity contribution is 7.92. The largest absolute Gasteiger partial charge is 0.331 e. The van der Waals surface area contributed by atoms with E-state index in [0.29, 0.717) is 11.3 Å². The predicted octanol–water partition coefficient (Wildman–Crippen LogP) is 2.52. The van der Waals surface area contributed by atoms with Crippen LogP contribution < -0.4 is 0 Å². The fourth-order valence-electron chi connectivity index (χ4n) is 1.76. The fraction of sp³-hybridized carbons (Fsp3) is 0.417. The molecule has 1 aromatic carbocycles. The van der Waals surface area contributed by atoms with Gasteiger partial charge in [0.2, 0.25) is 0 Å². The number of hydrogen-bond donors (Lipinski definition) is 1. The SMILES string of the molecule is CC(C)(Cn1c(=S)[nH]c2ccccc21)S(C)(=O)=O. The molecule has 0 unspecified atom stereocenters. The zero-order valence-electron chi connectivity index (χ0n) is 10.6. The standard InChI is InChI=1S/C12H16N2O2S2/c1-12(2,18(3,15)16)8-14-10-7-5-4-6-9(10)13-11(14)17/h4-7H,8H2,1-3H3,(H,13,17). The highest BCUT2D eigenvalue weighted by atomic mass is 32.2. The topological polar surface area (TPSA) is 54.9 Å². The lowest BCUT2D eigenvalue weighted by molar-refractivity contribution is 0.506. The van der Waals surface area contributed by atoms with Crippen molar-refractivity contribution >= 4 is 33.1 Å². The Morgan fingerprint density at radius 1 is 1.33 bits per heavy atom. The molecule has 18 heavy (non-hydrogen) atoms. The summed E-state index contributed by atoms with van der Waals surface area (Å²) < 4.78 is 25.1. The summed E-state index contributed by atoms with van der Waals surface area (Å²) in [6.07, 6.45) is 1.26. The molecule has 0 bridgehead atoms. The number of rotatable bonds is 3. The molecular weight excluding hydrogens is 268 g/mol. The van der Waals surface area contributed by atoms with Crippen LogP contribution in [0.3, 0.4) is 0 Å². The van der Waals surface area contributed by atoms with Crippen LogP contribution in [0.4, 0.5) is 0 Å². The molecule has 0 fully saturated rings. The molecule has 98 valence electrons. The van der Waals surface area contributed by atoms with E-state index in [1.54, 1.807) is 13.8 Å². The minimum absolute atomic E-state index is 0.342. The highest BCUT2D eigenvalue weighted by Gasteiger charge is 2.31. The summed E-state index contributed by atoms with van der Waals surface area (Å²) in [5.74, 6) is 0. The maximum atomic E-state index is 11.8. The number of fused-ring (bicyclic) bond motifs is 1. The van der Waals surface area contributed by atoms with Gasteiger partial charge in [-0.05, 0) is 38.2 Å². The van der Waals surface area contributed by atoms with Crippen molar-refractivity contribution in [1.29, 1.82) is 0 Å². The second kappa shape index (κ2) is 4.20. The second-order valence-electron chi connectivity index (χ2n) is 5.07. The van der Waals surface area contributed by atoms with Gasteiger partial charge in [-0.3, -0.25) is 0 Å². The zero-order valence-corrected chi connectivity index (χ0v) is 12.2. The van der Waals surface area contributed by atoms with Crippen molar-refractivity contribution in [3.63, 3.8) is 0 Å². The lowest BCUT2D eigenvalue weighted by Gasteiger charge is -2.23. The lowest BCUT2D eigenvalue weighted by atomic mass is 10.2. The fourth-order valence-corrected chi connectivity index (χ4v) is 2.40. The minimum atomic E-state index is -3.14.